The van der Waals surface area contributed by atoms with Crippen LogP contribution in [-0.4, -0.2) is 43.2 Å². The molecule has 0 fully saturated rings. The van der Waals surface area contributed by atoms with Crippen LogP contribution in [0.2, 0.25) is 0 Å². The molecule has 4 aromatic rings. The van der Waals surface area contributed by atoms with E-state index >= 15 is 0 Å². The van der Waals surface area contributed by atoms with Gasteiger partial charge in [-0.15, -0.1) is 0 Å². The summed E-state index contributed by atoms with van der Waals surface area (Å²) in [5, 5.41) is 29.7. The number of rotatable bonds is 7. The molecule has 0 unspecified atom stereocenters. The molecule has 0 radical (unpaired) electrons. The van der Waals surface area contributed by atoms with E-state index in [1.807, 2.05) is 30.3 Å². The van der Waals surface area contributed by atoms with Crippen molar-refractivity contribution in [2.75, 3.05) is 23.7 Å². The number of nitro groups is 1. The summed E-state index contributed by atoms with van der Waals surface area (Å²) in [6, 6.07) is 17.8. The Morgan fingerprint density at radius 2 is 1.82 bits per heavy atom. The third-order valence-corrected chi connectivity index (χ3v) is 4.07. The Kier molecular flexibility index (Phi) is 4.74. The van der Waals surface area contributed by atoms with Gasteiger partial charge in [-0.3, -0.25) is 10.1 Å². The number of aromatic nitrogens is 5. The molecule has 0 saturated heterocycles. The van der Waals surface area contributed by atoms with E-state index < -0.39 is 4.92 Å². The van der Waals surface area contributed by atoms with Crippen molar-refractivity contribution in [3.8, 4) is 5.69 Å². The second-order valence-corrected chi connectivity index (χ2v) is 5.93. The van der Waals surface area contributed by atoms with Crippen LogP contribution in [0, 0.1) is 10.1 Å². The summed E-state index contributed by atoms with van der Waals surface area (Å²) in [5.41, 5.74) is 1.61. The first-order valence-electron chi connectivity index (χ1n) is 8.57. The van der Waals surface area contributed by atoms with E-state index in [1.54, 1.807) is 22.9 Å². The number of anilines is 2. The molecule has 4 rings (SSSR count). The summed E-state index contributed by atoms with van der Waals surface area (Å²) in [6.07, 6.45) is 0. The van der Waals surface area contributed by atoms with Gasteiger partial charge in [0.25, 0.3) is 5.69 Å². The van der Waals surface area contributed by atoms with Crippen LogP contribution in [0.5, 0.6) is 0 Å². The second-order valence-electron chi connectivity index (χ2n) is 5.93. The fourth-order valence-corrected chi connectivity index (χ4v) is 2.73. The number of para-hydroxylation sites is 1. The number of nitrogens with one attached hydrogen (secondary N) is 2. The molecule has 0 spiro atoms. The Morgan fingerprint density at radius 3 is 2.64 bits per heavy atom. The van der Waals surface area contributed by atoms with E-state index in [2.05, 4.69) is 31.1 Å². The van der Waals surface area contributed by atoms with Crippen molar-refractivity contribution in [3.05, 3.63) is 70.8 Å². The van der Waals surface area contributed by atoms with Crippen molar-refractivity contribution < 1.29 is 4.92 Å². The number of hydrogen-bond acceptors (Lipinski definition) is 8. The van der Waals surface area contributed by atoms with Gasteiger partial charge >= 0.3 is 0 Å². The molecule has 0 atom stereocenters. The molecule has 2 aromatic heterocycles. The molecule has 2 aromatic carbocycles. The first-order chi connectivity index (χ1) is 13.7. The highest BCUT2D eigenvalue weighted by Crippen LogP contribution is 2.21. The molecule has 0 amide bonds. The third-order valence-electron chi connectivity index (χ3n) is 4.07. The molecule has 0 aliphatic rings. The lowest BCUT2D eigenvalue weighted by Gasteiger charge is -2.09. The van der Waals surface area contributed by atoms with E-state index in [0.29, 0.717) is 30.4 Å². The fraction of sp³-hybridized carbons (Fsp3) is 0.111. The van der Waals surface area contributed by atoms with Crippen LogP contribution in [0.15, 0.2) is 60.7 Å². The molecular weight excluding hydrogens is 360 g/mol. The van der Waals surface area contributed by atoms with Gasteiger partial charge in [-0.25, -0.2) is 4.98 Å². The quantitative estimate of drug-likeness (QED) is 0.287. The zero-order chi connectivity index (χ0) is 19.3. The largest absolute Gasteiger partial charge is 0.368 e. The maximum atomic E-state index is 10.8. The molecule has 0 aliphatic carbocycles. The summed E-state index contributed by atoms with van der Waals surface area (Å²) < 4.78 is 1.63. The highest BCUT2D eigenvalue weighted by molar-refractivity contribution is 5.82. The smallest absolute Gasteiger partial charge is 0.270 e. The van der Waals surface area contributed by atoms with Gasteiger partial charge in [0.2, 0.25) is 5.95 Å². The number of benzene rings is 2. The van der Waals surface area contributed by atoms with Crippen LogP contribution in [0.1, 0.15) is 0 Å². The molecule has 0 bridgehead atoms. The van der Waals surface area contributed by atoms with Crippen molar-refractivity contribution in [1.82, 2.24) is 25.2 Å². The first kappa shape index (κ1) is 17.3. The predicted molar refractivity (Wildman–Crippen MR) is 105 cm³/mol. The van der Waals surface area contributed by atoms with Crippen molar-refractivity contribution in [2.45, 2.75) is 0 Å². The number of nitro benzene ring substituents is 1. The van der Waals surface area contributed by atoms with Crippen molar-refractivity contribution in [3.63, 3.8) is 0 Å². The summed E-state index contributed by atoms with van der Waals surface area (Å²) in [6.45, 7) is 1.17. The van der Waals surface area contributed by atoms with Gasteiger partial charge < -0.3 is 10.6 Å². The van der Waals surface area contributed by atoms with Gasteiger partial charge in [0.15, 0.2) is 0 Å². The number of hydrogen-bond donors (Lipinski definition) is 2. The highest BCUT2D eigenvalue weighted by atomic mass is 16.6. The molecule has 0 saturated carbocycles. The van der Waals surface area contributed by atoms with Gasteiger partial charge in [0.05, 0.1) is 16.1 Å². The van der Waals surface area contributed by atoms with Crippen molar-refractivity contribution in [1.29, 1.82) is 0 Å². The monoisotopic (exact) mass is 376 g/mol. The highest BCUT2D eigenvalue weighted by Gasteiger charge is 2.08. The molecule has 10 nitrogen and oxygen atoms in total. The average molecular weight is 376 g/mol. The molecule has 140 valence electrons. The van der Waals surface area contributed by atoms with Crippen LogP contribution < -0.4 is 10.6 Å². The lowest BCUT2D eigenvalue weighted by molar-refractivity contribution is -0.384. The molecule has 0 aliphatic heterocycles. The Bertz CT molecular complexity index is 1110. The second kappa shape index (κ2) is 7.66. The normalized spacial score (nSPS) is 10.7. The Morgan fingerprint density at radius 1 is 1.00 bits per heavy atom. The van der Waals surface area contributed by atoms with Gasteiger partial charge in [-0.1, -0.05) is 23.3 Å². The molecule has 10 heteroatoms. The fourth-order valence-electron chi connectivity index (χ4n) is 2.73. The number of non-ortho nitro benzene ring substituents is 1. The zero-order valence-electron chi connectivity index (χ0n) is 14.7. The van der Waals surface area contributed by atoms with Crippen molar-refractivity contribution in [2.24, 2.45) is 0 Å². The van der Waals surface area contributed by atoms with Crippen LogP contribution in [0.3, 0.4) is 0 Å². The summed E-state index contributed by atoms with van der Waals surface area (Å²) in [7, 11) is 0. The Hall–Kier alpha value is -4.08. The SMILES string of the molecule is O=[N+]([O-])c1ccc2nc(NCCNc3nnnn3-c3ccccc3)ccc2c1. The topological polar surface area (TPSA) is 124 Å². The Balaban J connectivity index is 1.37. The van der Waals surface area contributed by atoms with Crippen LogP contribution in [0.4, 0.5) is 17.5 Å². The van der Waals surface area contributed by atoms with Gasteiger partial charge in [-0.05, 0) is 40.8 Å². The van der Waals surface area contributed by atoms with Gasteiger partial charge in [0.1, 0.15) is 5.82 Å². The maximum Gasteiger partial charge on any atom is 0.270 e. The molecule has 2 heterocycles. The minimum Gasteiger partial charge on any atom is -0.368 e. The van der Waals surface area contributed by atoms with Crippen molar-refractivity contribution >= 4 is 28.4 Å². The van der Waals surface area contributed by atoms with E-state index in [0.717, 1.165) is 11.1 Å². The van der Waals surface area contributed by atoms with Gasteiger partial charge in [-0.2, -0.15) is 4.68 Å². The molecular formula is C18H16N8O2. The van der Waals surface area contributed by atoms with E-state index in [1.165, 1.54) is 12.1 Å². The predicted octanol–water partition coefficient (Wildman–Crippen LogP) is 2.64. The summed E-state index contributed by atoms with van der Waals surface area (Å²) in [4.78, 5) is 14.9. The standard InChI is InChI=1S/C18H16N8O2/c27-26(28)15-7-8-16-13(12-15)6-9-17(21-16)19-10-11-20-18-22-23-24-25(18)14-4-2-1-3-5-14/h1-9,12H,10-11H2,(H,19,21)(H,20,22,24). The third kappa shape index (κ3) is 3.70. The number of pyridine rings is 1. The Labute approximate surface area is 159 Å². The number of fused-ring (bicyclic) bond motifs is 1. The maximum absolute atomic E-state index is 10.8. The van der Waals surface area contributed by atoms with Crippen LogP contribution >= 0.6 is 0 Å². The zero-order valence-corrected chi connectivity index (χ0v) is 14.7. The minimum atomic E-state index is -0.416. The lowest BCUT2D eigenvalue weighted by Crippen LogP contribution is -2.16. The molecule has 28 heavy (non-hydrogen) atoms. The first-order valence-corrected chi connectivity index (χ1v) is 8.57. The lowest BCUT2D eigenvalue weighted by atomic mass is 10.2. The number of tetrazole rings is 1. The number of nitrogens with zero attached hydrogens (tertiary/aromatic N) is 6. The van der Waals surface area contributed by atoms with Crippen LogP contribution in [0.25, 0.3) is 16.6 Å². The molecule has 2 N–H and O–H groups in total. The minimum absolute atomic E-state index is 0.0512. The van der Waals surface area contributed by atoms with E-state index in [-0.39, 0.29) is 5.69 Å². The van der Waals surface area contributed by atoms with E-state index in [4.69, 9.17) is 0 Å². The average Bonchev–Trinajstić information content (AvgIpc) is 3.20. The summed E-state index contributed by atoms with van der Waals surface area (Å²) in [5.74, 6) is 1.23. The van der Waals surface area contributed by atoms with Gasteiger partial charge in [0, 0.05) is 30.6 Å². The summed E-state index contributed by atoms with van der Waals surface area (Å²) >= 11 is 0. The van der Waals surface area contributed by atoms with E-state index in [9.17, 15) is 10.1 Å². The van der Waals surface area contributed by atoms with Crippen LogP contribution in [-0.2, 0) is 0 Å².